The number of aliphatic hydroxyl groups is 1. The van der Waals surface area contributed by atoms with Gasteiger partial charge in [0.25, 0.3) is 0 Å². The molecule has 0 bridgehead atoms. The lowest BCUT2D eigenvalue weighted by Crippen LogP contribution is -2.30. The van der Waals surface area contributed by atoms with Gasteiger partial charge in [-0.15, -0.1) is 0 Å². The van der Waals surface area contributed by atoms with Crippen LogP contribution in [0.2, 0.25) is 0 Å². The standard InChI is InChI=1S/C18H25NO2/c1-3-5-9-15(4-2)18(21)19-14-17-11-7-6-10-16(17)12-8-13-20/h6-7,10-11,15,20H,3-5,9,13-14H2,1-2H3,(H,19,21). The van der Waals surface area contributed by atoms with E-state index in [0.717, 1.165) is 36.8 Å². The minimum absolute atomic E-state index is 0.0978. The summed E-state index contributed by atoms with van der Waals surface area (Å²) in [6.45, 7) is 4.52. The molecule has 0 aliphatic rings. The molecule has 0 aromatic heterocycles. The summed E-state index contributed by atoms with van der Waals surface area (Å²) in [5.74, 6) is 5.78. The van der Waals surface area contributed by atoms with E-state index >= 15 is 0 Å². The number of benzene rings is 1. The summed E-state index contributed by atoms with van der Waals surface area (Å²) in [6.07, 6.45) is 4.02. The van der Waals surface area contributed by atoms with Crippen molar-refractivity contribution in [2.45, 2.75) is 46.1 Å². The van der Waals surface area contributed by atoms with Crippen LogP contribution < -0.4 is 5.32 Å². The van der Waals surface area contributed by atoms with Crippen LogP contribution in [0.15, 0.2) is 24.3 Å². The molecule has 1 rings (SSSR count). The summed E-state index contributed by atoms with van der Waals surface area (Å²) in [5.41, 5.74) is 1.84. The van der Waals surface area contributed by atoms with E-state index in [1.54, 1.807) is 0 Å². The predicted molar refractivity (Wildman–Crippen MR) is 85.6 cm³/mol. The van der Waals surface area contributed by atoms with Crippen LogP contribution in [0.4, 0.5) is 0 Å². The van der Waals surface area contributed by atoms with Crippen LogP contribution in [0.25, 0.3) is 0 Å². The lowest BCUT2D eigenvalue weighted by molar-refractivity contribution is -0.125. The van der Waals surface area contributed by atoms with Crippen molar-refractivity contribution < 1.29 is 9.90 Å². The van der Waals surface area contributed by atoms with E-state index < -0.39 is 0 Å². The van der Waals surface area contributed by atoms with Gasteiger partial charge in [-0.2, -0.15) is 0 Å². The van der Waals surface area contributed by atoms with Crippen molar-refractivity contribution in [3.8, 4) is 11.8 Å². The lowest BCUT2D eigenvalue weighted by Gasteiger charge is -2.15. The first-order valence-corrected chi connectivity index (χ1v) is 7.68. The number of carbonyl (C=O) groups is 1. The molecule has 0 saturated heterocycles. The van der Waals surface area contributed by atoms with E-state index in [1.807, 2.05) is 24.3 Å². The number of unbranched alkanes of at least 4 members (excludes halogenated alkanes) is 1. The first-order chi connectivity index (χ1) is 10.2. The van der Waals surface area contributed by atoms with Gasteiger partial charge < -0.3 is 10.4 Å². The van der Waals surface area contributed by atoms with Crippen LogP contribution in [0.5, 0.6) is 0 Å². The summed E-state index contributed by atoms with van der Waals surface area (Å²) >= 11 is 0. The Bertz CT molecular complexity index is 499. The average molecular weight is 287 g/mol. The summed E-state index contributed by atoms with van der Waals surface area (Å²) in [7, 11) is 0. The van der Waals surface area contributed by atoms with E-state index in [9.17, 15) is 4.79 Å². The second-order valence-electron chi connectivity index (χ2n) is 5.08. The van der Waals surface area contributed by atoms with Gasteiger partial charge in [-0.05, 0) is 24.5 Å². The highest BCUT2D eigenvalue weighted by Crippen LogP contribution is 2.13. The number of aliphatic hydroxyl groups excluding tert-OH is 1. The van der Waals surface area contributed by atoms with Crippen molar-refractivity contribution in [1.29, 1.82) is 0 Å². The summed E-state index contributed by atoms with van der Waals surface area (Å²) in [5, 5.41) is 11.8. The number of amides is 1. The van der Waals surface area contributed by atoms with Crippen molar-refractivity contribution in [3.63, 3.8) is 0 Å². The Hall–Kier alpha value is -1.79. The van der Waals surface area contributed by atoms with Crippen LogP contribution in [-0.4, -0.2) is 17.6 Å². The van der Waals surface area contributed by atoms with Crippen molar-refractivity contribution in [2.75, 3.05) is 6.61 Å². The molecular formula is C18H25NO2. The van der Waals surface area contributed by atoms with Crippen LogP contribution in [0, 0.1) is 17.8 Å². The molecule has 0 saturated carbocycles. The first kappa shape index (κ1) is 17.3. The summed E-state index contributed by atoms with van der Waals surface area (Å²) in [6, 6.07) is 7.69. The van der Waals surface area contributed by atoms with Gasteiger partial charge in [-0.1, -0.05) is 56.7 Å². The highest BCUT2D eigenvalue weighted by atomic mass is 16.2. The van der Waals surface area contributed by atoms with Gasteiger partial charge in [-0.25, -0.2) is 0 Å². The van der Waals surface area contributed by atoms with Crippen LogP contribution in [0.3, 0.4) is 0 Å². The minimum atomic E-state index is -0.157. The van der Waals surface area contributed by atoms with Gasteiger partial charge in [0.2, 0.25) is 5.91 Å². The third-order valence-corrected chi connectivity index (χ3v) is 3.54. The van der Waals surface area contributed by atoms with Gasteiger partial charge in [0.1, 0.15) is 6.61 Å². The highest BCUT2D eigenvalue weighted by molar-refractivity contribution is 5.78. The first-order valence-electron chi connectivity index (χ1n) is 7.68. The molecule has 1 atom stereocenters. The molecule has 1 aromatic rings. The molecular weight excluding hydrogens is 262 g/mol. The third kappa shape index (κ3) is 6.01. The smallest absolute Gasteiger partial charge is 0.223 e. The lowest BCUT2D eigenvalue weighted by atomic mass is 9.98. The average Bonchev–Trinajstić information content (AvgIpc) is 2.52. The fourth-order valence-electron chi connectivity index (χ4n) is 2.23. The van der Waals surface area contributed by atoms with Crippen molar-refractivity contribution >= 4 is 5.91 Å². The number of hydrogen-bond donors (Lipinski definition) is 2. The van der Waals surface area contributed by atoms with Crippen molar-refractivity contribution in [1.82, 2.24) is 5.32 Å². The highest BCUT2D eigenvalue weighted by Gasteiger charge is 2.15. The Labute approximate surface area is 127 Å². The fourth-order valence-corrected chi connectivity index (χ4v) is 2.23. The molecule has 0 fully saturated rings. The monoisotopic (exact) mass is 287 g/mol. The fraction of sp³-hybridized carbons (Fsp3) is 0.500. The number of hydrogen-bond acceptors (Lipinski definition) is 2. The molecule has 0 aliphatic heterocycles. The molecule has 3 nitrogen and oxygen atoms in total. The van der Waals surface area contributed by atoms with Gasteiger partial charge in [0, 0.05) is 18.0 Å². The molecule has 0 radical (unpaired) electrons. The molecule has 114 valence electrons. The molecule has 3 heteroatoms. The van der Waals surface area contributed by atoms with Gasteiger partial charge in [-0.3, -0.25) is 4.79 Å². The largest absolute Gasteiger partial charge is 0.384 e. The van der Waals surface area contributed by atoms with Crippen LogP contribution in [0.1, 0.15) is 50.7 Å². The Kier molecular flexibility index (Phi) is 8.23. The second kappa shape index (κ2) is 10.0. The Morgan fingerprint density at radius 1 is 1.33 bits per heavy atom. The number of nitrogens with one attached hydrogen (secondary N) is 1. The topological polar surface area (TPSA) is 49.3 Å². The quantitative estimate of drug-likeness (QED) is 0.758. The maximum absolute atomic E-state index is 12.2. The molecule has 1 unspecified atom stereocenters. The van der Waals surface area contributed by atoms with E-state index in [1.165, 1.54) is 0 Å². The Morgan fingerprint density at radius 2 is 2.10 bits per heavy atom. The van der Waals surface area contributed by atoms with E-state index in [4.69, 9.17) is 5.11 Å². The zero-order chi connectivity index (χ0) is 15.5. The molecule has 1 aromatic carbocycles. The van der Waals surface area contributed by atoms with E-state index in [-0.39, 0.29) is 18.4 Å². The van der Waals surface area contributed by atoms with Gasteiger partial charge in [0.05, 0.1) is 0 Å². The zero-order valence-electron chi connectivity index (χ0n) is 13.0. The molecule has 2 N–H and O–H groups in total. The molecule has 0 heterocycles. The maximum atomic E-state index is 12.2. The van der Waals surface area contributed by atoms with Crippen LogP contribution >= 0.6 is 0 Å². The van der Waals surface area contributed by atoms with Crippen molar-refractivity contribution in [3.05, 3.63) is 35.4 Å². The predicted octanol–water partition coefficient (Wildman–Crippen LogP) is 2.86. The summed E-state index contributed by atoms with van der Waals surface area (Å²) in [4.78, 5) is 12.2. The maximum Gasteiger partial charge on any atom is 0.223 e. The normalized spacial score (nSPS) is 11.4. The number of rotatable bonds is 7. The van der Waals surface area contributed by atoms with E-state index in [0.29, 0.717) is 6.54 Å². The second-order valence-corrected chi connectivity index (χ2v) is 5.08. The Morgan fingerprint density at radius 3 is 2.76 bits per heavy atom. The van der Waals surface area contributed by atoms with E-state index in [2.05, 4.69) is 31.0 Å². The molecule has 0 spiro atoms. The Balaban J connectivity index is 2.64. The SMILES string of the molecule is CCCCC(CC)C(=O)NCc1ccccc1C#CCO. The van der Waals surface area contributed by atoms with Gasteiger partial charge in [0.15, 0.2) is 0 Å². The van der Waals surface area contributed by atoms with Crippen LogP contribution in [-0.2, 0) is 11.3 Å². The molecule has 0 aliphatic carbocycles. The zero-order valence-corrected chi connectivity index (χ0v) is 13.0. The third-order valence-electron chi connectivity index (χ3n) is 3.54. The molecule has 21 heavy (non-hydrogen) atoms. The molecule has 1 amide bonds. The summed E-state index contributed by atoms with van der Waals surface area (Å²) < 4.78 is 0. The minimum Gasteiger partial charge on any atom is -0.384 e. The number of carbonyl (C=O) groups excluding carboxylic acids is 1. The van der Waals surface area contributed by atoms with Crippen molar-refractivity contribution in [2.24, 2.45) is 5.92 Å². The van der Waals surface area contributed by atoms with Gasteiger partial charge >= 0.3 is 0 Å².